The van der Waals surface area contributed by atoms with Gasteiger partial charge in [0.15, 0.2) is 0 Å². The summed E-state index contributed by atoms with van der Waals surface area (Å²) in [7, 11) is 0. The summed E-state index contributed by atoms with van der Waals surface area (Å²) < 4.78 is 34.1. The summed E-state index contributed by atoms with van der Waals surface area (Å²) in [6.45, 7) is 7.37. The van der Waals surface area contributed by atoms with Crippen LogP contribution < -0.4 is 5.73 Å². The Morgan fingerprint density at radius 1 is 1.02 bits per heavy atom. The molecule has 2 fully saturated rings. The molecule has 0 aliphatic heterocycles. The lowest BCUT2D eigenvalue weighted by atomic mass is 9.81. The van der Waals surface area contributed by atoms with Gasteiger partial charge in [0.25, 0.3) is 0 Å². The van der Waals surface area contributed by atoms with Gasteiger partial charge in [-0.3, -0.25) is 14.4 Å². The summed E-state index contributed by atoms with van der Waals surface area (Å²) in [5.41, 5.74) is 5.31. The molecule has 3 N–H and O–H groups in total. The van der Waals surface area contributed by atoms with Gasteiger partial charge in [-0.05, 0) is 43.5 Å². The van der Waals surface area contributed by atoms with Gasteiger partial charge in [0.05, 0.1) is 23.9 Å². The van der Waals surface area contributed by atoms with Crippen LogP contribution in [0.5, 0.6) is 0 Å². The van der Waals surface area contributed by atoms with E-state index in [0.29, 0.717) is 23.3 Å². The molecule has 0 spiro atoms. The molecule has 2 aliphatic carbocycles. The number of rotatable bonds is 13. The third-order valence-electron chi connectivity index (χ3n) is 8.05. The Bertz CT molecular complexity index is 1120. The van der Waals surface area contributed by atoms with Gasteiger partial charge in [0.1, 0.15) is 11.4 Å². The van der Waals surface area contributed by atoms with E-state index in [-0.39, 0.29) is 35.8 Å². The molecule has 1 aromatic carbocycles. The quantitative estimate of drug-likeness (QED) is 0.190. The Balaban J connectivity index is 0.00000588. The highest BCUT2D eigenvalue weighted by Gasteiger charge is 2.78. The number of aryl methyl sites for hydroxylation is 1. The van der Waals surface area contributed by atoms with Crippen LogP contribution in [-0.4, -0.2) is 60.0 Å². The smallest absolute Gasteiger partial charge is 0.329 e. The number of thioether (sulfide) groups is 1. The fourth-order valence-corrected chi connectivity index (χ4v) is 6.29. The van der Waals surface area contributed by atoms with Gasteiger partial charge in [-0.1, -0.05) is 27.7 Å². The third kappa shape index (κ3) is 7.52. The number of aliphatic hydroxyl groups excluding tert-OH is 1. The molecule has 2 aliphatic rings. The summed E-state index contributed by atoms with van der Waals surface area (Å²) >= 11 is 1.28. The van der Waals surface area contributed by atoms with Crippen molar-refractivity contribution in [3.05, 3.63) is 29.6 Å². The number of benzene rings is 1. The molecule has 0 heterocycles. The predicted molar refractivity (Wildman–Crippen MR) is 149 cm³/mol. The number of hydrogen-bond donors (Lipinski definition) is 2. The van der Waals surface area contributed by atoms with Crippen LogP contribution in [0.15, 0.2) is 23.1 Å². The molecule has 0 aromatic heterocycles. The summed E-state index contributed by atoms with van der Waals surface area (Å²) in [6, 6.07) is 4.56. The van der Waals surface area contributed by atoms with Crippen LogP contribution >= 0.6 is 24.2 Å². The molecule has 230 valence electrons. The van der Waals surface area contributed by atoms with Crippen molar-refractivity contribution in [1.82, 2.24) is 0 Å². The van der Waals surface area contributed by atoms with Crippen molar-refractivity contribution < 1.29 is 47.6 Å². The SMILES string of the molecule is CC[C@H](C)C(=O)OCOC(=O)[C@H]1[C@@H]2[C@H](O)[C@@H](CSc3ccc(F)c(C)c3)[C@@](N)(C(=O)OCOC(=O)[C@@H](C)CC)[C@H]12.Cl. The van der Waals surface area contributed by atoms with Gasteiger partial charge in [0.2, 0.25) is 13.6 Å². The number of ether oxygens (including phenoxy) is 4. The molecule has 0 bridgehead atoms. The Labute approximate surface area is 249 Å². The van der Waals surface area contributed by atoms with Crippen molar-refractivity contribution in [1.29, 1.82) is 0 Å². The lowest BCUT2D eigenvalue weighted by molar-refractivity contribution is -0.176. The summed E-state index contributed by atoms with van der Waals surface area (Å²) in [4.78, 5) is 50.7. The molecule has 13 heteroatoms. The average molecular weight is 620 g/mol. The highest BCUT2D eigenvalue weighted by atomic mass is 35.5. The normalized spacial score (nSPS) is 27.5. The summed E-state index contributed by atoms with van der Waals surface area (Å²) in [5, 5.41) is 11.2. The molecule has 41 heavy (non-hydrogen) atoms. The second-order valence-corrected chi connectivity index (χ2v) is 11.7. The lowest BCUT2D eigenvalue weighted by Crippen LogP contribution is -2.59. The van der Waals surface area contributed by atoms with Crippen LogP contribution in [0, 0.1) is 48.2 Å². The van der Waals surface area contributed by atoms with Crippen LogP contribution in [0.1, 0.15) is 46.1 Å². The zero-order valence-electron chi connectivity index (χ0n) is 23.8. The Kier molecular flexibility index (Phi) is 12.4. The van der Waals surface area contributed by atoms with Crippen LogP contribution in [0.2, 0.25) is 0 Å². The molecule has 0 radical (unpaired) electrons. The van der Waals surface area contributed by atoms with Crippen LogP contribution in [-0.2, 0) is 38.1 Å². The minimum absolute atomic E-state index is 0. The van der Waals surface area contributed by atoms with Gasteiger partial charge in [-0.25, -0.2) is 9.18 Å². The zero-order valence-corrected chi connectivity index (χ0v) is 25.4. The van der Waals surface area contributed by atoms with Gasteiger partial charge < -0.3 is 29.8 Å². The second-order valence-electron chi connectivity index (χ2n) is 10.6. The van der Waals surface area contributed by atoms with Crippen molar-refractivity contribution in [2.24, 2.45) is 41.2 Å². The topological polar surface area (TPSA) is 151 Å². The van der Waals surface area contributed by atoms with E-state index in [0.717, 1.165) is 0 Å². The monoisotopic (exact) mass is 619 g/mol. The Morgan fingerprint density at radius 3 is 2.12 bits per heavy atom. The molecule has 1 aromatic rings. The van der Waals surface area contributed by atoms with Crippen molar-refractivity contribution in [2.45, 2.75) is 64.0 Å². The van der Waals surface area contributed by atoms with Gasteiger partial charge >= 0.3 is 23.9 Å². The Hall–Kier alpha value is -2.41. The third-order valence-corrected chi connectivity index (χ3v) is 9.17. The van der Waals surface area contributed by atoms with E-state index >= 15 is 0 Å². The number of aliphatic hydroxyl groups is 1. The number of hydrogen-bond acceptors (Lipinski definition) is 11. The summed E-state index contributed by atoms with van der Waals surface area (Å²) in [5.74, 6) is -6.88. The molecule has 3 rings (SSSR count). The van der Waals surface area contributed by atoms with Crippen LogP contribution in [0.25, 0.3) is 0 Å². The Morgan fingerprint density at radius 2 is 1.59 bits per heavy atom. The minimum Gasteiger partial charge on any atom is -0.428 e. The fraction of sp³-hybridized carbons (Fsp3) is 0.643. The van der Waals surface area contributed by atoms with E-state index < -0.39 is 72.8 Å². The van der Waals surface area contributed by atoms with Crippen molar-refractivity contribution in [3.8, 4) is 0 Å². The number of esters is 4. The first-order valence-electron chi connectivity index (χ1n) is 13.4. The molecule has 0 amide bonds. The second kappa shape index (κ2) is 14.7. The molecule has 2 saturated carbocycles. The maximum atomic E-state index is 13.7. The maximum absolute atomic E-state index is 13.7. The van der Waals surface area contributed by atoms with E-state index in [1.807, 2.05) is 13.8 Å². The number of carbonyl (C=O) groups excluding carboxylic acids is 4. The predicted octanol–water partition coefficient (Wildman–Crippen LogP) is 3.38. The van der Waals surface area contributed by atoms with Gasteiger partial charge in [0, 0.05) is 28.4 Å². The first-order valence-corrected chi connectivity index (χ1v) is 14.4. The molecular formula is C28H39ClFNO9S. The standard InChI is InChI=1S/C28H38FNO9S.ClH/c1-6-14(3)24(32)36-12-38-26(34)21-20-22(21)28(30,27(35)39-13-37-25(33)15(4)7-2)18(23(20)31)11-40-17-8-9-19(29)16(5)10-17;/h8-10,14-15,18,20-23,31H,6-7,11-13,30H2,1-5H3;1H/t14-,15-,18+,20-,21-,22-,23+,28-;/m0./s1. The van der Waals surface area contributed by atoms with E-state index in [1.54, 1.807) is 32.9 Å². The number of fused-ring (bicyclic) bond motifs is 1. The van der Waals surface area contributed by atoms with Crippen molar-refractivity contribution >= 4 is 48.0 Å². The largest absolute Gasteiger partial charge is 0.428 e. The van der Waals surface area contributed by atoms with Crippen LogP contribution in [0.4, 0.5) is 4.39 Å². The molecule has 8 atom stereocenters. The minimum atomic E-state index is -1.80. The lowest BCUT2D eigenvalue weighted by Gasteiger charge is -2.34. The summed E-state index contributed by atoms with van der Waals surface area (Å²) in [6.07, 6.45) is -0.0468. The van der Waals surface area contributed by atoms with E-state index in [4.69, 9.17) is 24.7 Å². The molecular weight excluding hydrogens is 581 g/mol. The molecule has 0 unspecified atom stereocenters. The maximum Gasteiger partial charge on any atom is 0.329 e. The average Bonchev–Trinajstić information content (AvgIpc) is 3.65. The number of nitrogens with two attached hydrogens (primary N) is 1. The van der Waals surface area contributed by atoms with Crippen molar-refractivity contribution in [3.63, 3.8) is 0 Å². The van der Waals surface area contributed by atoms with E-state index in [2.05, 4.69) is 0 Å². The highest BCUT2D eigenvalue weighted by molar-refractivity contribution is 7.99. The molecule has 0 saturated heterocycles. The first kappa shape index (κ1) is 34.8. The highest BCUT2D eigenvalue weighted by Crippen LogP contribution is 2.64. The van der Waals surface area contributed by atoms with Gasteiger partial charge in [-0.2, -0.15) is 0 Å². The fourth-order valence-electron chi connectivity index (χ4n) is 5.02. The van der Waals surface area contributed by atoms with E-state index in [9.17, 15) is 28.7 Å². The van der Waals surface area contributed by atoms with Crippen LogP contribution in [0.3, 0.4) is 0 Å². The van der Waals surface area contributed by atoms with E-state index in [1.165, 1.54) is 17.8 Å². The van der Waals surface area contributed by atoms with Crippen molar-refractivity contribution in [2.75, 3.05) is 19.3 Å². The first-order chi connectivity index (χ1) is 18.9. The molecule has 10 nitrogen and oxygen atoms in total. The zero-order chi connectivity index (χ0) is 29.8. The number of carbonyl (C=O) groups is 4. The number of halogens is 2. The van der Waals surface area contributed by atoms with Gasteiger partial charge in [-0.15, -0.1) is 24.2 Å².